The van der Waals surface area contributed by atoms with Crippen molar-refractivity contribution in [3.63, 3.8) is 0 Å². The molecule has 0 aliphatic heterocycles. The Hall–Kier alpha value is -13.9. The average Bonchev–Trinajstić information content (AvgIpc) is 1.64. The van der Waals surface area contributed by atoms with Gasteiger partial charge in [-0.2, -0.15) is 82.8 Å². The third kappa shape index (κ3) is 21.7. The molecule has 8 aromatic carbocycles. The molecule has 0 atom stereocenters. The minimum Gasteiger partial charge on any atom is -0.461 e. The van der Waals surface area contributed by atoms with Crippen LogP contribution in [-0.4, -0.2) is 90.4 Å². The van der Waals surface area contributed by atoms with E-state index in [4.69, 9.17) is 32.7 Å². The van der Waals surface area contributed by atoms with Crippen LogP contribution in [-0.2, 0) is 59.2 Å². The van der Waals surface area contributed by atoms with E-state index in [1.807, 2.05) is 48.5 Å². The highest BCUT2D eigenvalue weighted by Gasteiger charge is 2.41. The summed E-state index contributed by atoms with van der Waals surface area (Å²) in [5.41, 5.74) is 9.01. The number of nitrogens with zero attached hydrogens (tertiary/aromatic N) is 12. The lowest BCUT2D eigenvalue weighted by Gasteiger charge is -2.07. The molecule has 0 aliphatic carbocycles. The minimum absolute atomic E-state index is 0.00683. The van der Waals surface area contributed by atoms with E-state index < -0.39 is 56.2 Å². The van der Waals surface area contributed by atoms with Crippen LogP contribution in [0.3, 0.4) is 0 Å². The van der Waals surface area contributed by atoms with Crippen molar-refractivity contribution in [2.45, 2.75) is 63.6 Å². The van der Waals surface area contributed by atoms with E-state index in [0.717, 1.165) is 33.1 Å². The Morgan fingerprint density at radius 3 is 0.977 bits per heavy atom. The van der Waals surface area contributed by atoms with Crippen molar-refractivity contribution in [1.29, 1.82) is 0 Å². The molecule has 0 amide bonds. The molecule has 10 aromatic heterocycles. The van der Waals surface area contributed by atoms with Gasteiger partial charge in [0, 0.05) is 62.2 Å². The molecule has 18 rings (SSSR count). The van der Waals surface area contributed by atoms with E-state index in [-0.39, 0.29) is 108 Å². The number of carbonyl (C=O) groups is 2. The smallest absolute Gasteiger partial charge is 0.426 e. The van der Waals surface area contributed by atoms with E-state index >= 15 is 0 Å². The maximum atomic E-state index is 13.7. The van der Waals surface area contributed by atoms with Gasteiger partial charge in [0.05, 0.1) is 52.4 Å². The second kappa shape index (κ2) is 39.8. The molecular formula is C92H63BrF12N12O9S4. The van der Waals surface area contributed by atoms with Crippen LogP contribution in [0.15, 0.2) is 285 Å². The van der Waals surface area contributed by atoms with Gasteiger partial charge in [0.2, 0.25) is 23.3 Å². The van der Waals surface area contributed by atoms with E-state index in [1.54, 1.807) is 211 Å². The number of aromatic nitrogens is 12. The molecule has 0 saturated heterocycles. The van der Waals surface area contributed by atoms with Crippen LogP contribution >= 0.6 is 61.3 Å². The zero-order chi connectivity index (χ0) is 91.4. The summed E-state index contributed by atoms with van der Waals surface area (Å²) < 4.78 is 198. The standard InChI is InChI=1S/2C26H19F3N4O3S.C20H12BrF3N2OS.C20H13F3N2O2S/c1-2-35-25(34)20-12-13-33(31-20)15-16-8-10-18(11-9-16)23-30-24(36-32-23)21-14-19(17-6-4-3-5-7-17)22(37-21)26(27,28)29;1-2-35-25(34)20-12-13-30-33(20)15-16-8-10-18(11-9-16)23-31-24(36-32-23)21-14-19(17-6-4-3-5-7-17)22(37-21)26(27,28)29;21-11-12-6-8-14(9-7-12)18-25-19(27-26-18)16-10-15(13-4-2-1-3-5-13)17(28-16)20(22,23)24;21-20(22,23)17-15(13-4-2-1-3-5-13)10-16(28-17)19-24-18(25-27-19)14-8-6-12(11-26)7-9-14/h2*3-14H,2,15H2,1H3;1-10H,11H2;1-10,26H,11H2. The molecule has 18 aromatic rings. The van der Waals surface area contributed by atoms with Gasteiger partial charge in [0.1, 0.15) is 25.2 Å². The average molecular weight is 1920 g/mol. The van der Waals surface area contributed by atoms with Crippen molar-refractivity contribution in [3.05, 3.63) is 320 Å². The summed E-state index contributed by atoms with van der Waals surface area (Å²) in [6.45, 7) is 4.68. The first-order chi connectivity index (χ1) is 62.5. The molecule has 21 nitrogen and oxygen atoms in total. The van der Waals surface area contributed by atoms with Crippen LogP contribution in [0.2, 0.25) is 0 Å². The van der Waals surface area contributed by atoms with E-state index in [0.29, 0.717) is 109 Å². The molecule has 1 N–H and O–H groups in total. The summed E-state index contributed by atoms with van der Waals surface area (Å²) in [5.74, 6) is 0.289. The maximum Gasteiger partial charge on any atom is 0.426 e. The van der Waals surface area contributed by atoms with Crippen LogP contribution in [0.4, 0.5) is 52.7 Å². The fraction of sp³-hybridized carbons (Fsp3) is 0.130. The van der Waals surface area contributed by atoms with Gasteiger partial charge in [-0.15, -0.1) is 45.3 Å². The number of hydrogen-bond donors (Lipinski definition) is 1. The second-order valence-corrected chi connectivity index (χ2v) is 32.6. The van der Waals surface area contributed by atoms with Crippen molar-refractivity contribution in [3.8, 4) is 133 Å². The first-order valence-electron chi connectivity index (χ1n) is 38.9. The molecule has 0 aliphatic rings. The highest BCUT2D eigenvalue weighted by Crippen LogP contribution is 2.51. The summed E-state index contributed by atoms with van der Waals surface area (Å²) in [7, 11) is 0. The van der Waals surface area contributed by atoms with Gasteiger partial charge in [-0.25, -0.2) is 9.59 Å². The number of alkyl halides is 13. The number of hydrogen-bond acceptors (Lipinski definition) is 23. The molecule has 130 heavy (non-hydrogen) atoms. The number of carbonyl (C=O) groups excluding carboxylic acids is 2. The monoisotopic (exact) mass is 1910 g/mol. The number of esters is 2. The number of benzene rings is 8. The van der Waals surface area contributed by atoms with Crippen molar-refractivity contribution in [2.75, 3.05) is 13.2 Å². The molecule has 660 valence electrons. The van der Waals surface area contributed by atoms with Crippen LogP contribution < -0.4 is 0 Å². The van der Waals surface area contributed by atoms with Crippen LogP contribution in [0, 0.1) is 0 Å². The van der Waals surface area contributed by atoms with Crippen LogP contribution in [0.1, 0.15) is 76.6 Å². The summed E-state index contributed by atoms with van der Waals surface area (Å²) in [6, 6.07) is 71.3. The summed E-state index contributed by atoms with van der Waals surface area (Å²) in [5, 5.41) is 33.9. The molecule has 0 saturated carbocycles. The fourth-order valence-corrected chi connectivity index (χ4v) is 17.2. The lowest BCUT2D eigenvalue weighted by molar-refractivity contribution is -0.134. The van der Waals surface area contributed by atoms with E-state index in [2.05, 4.69) is 66.7 Å². The van der Waals surface area contributed by atoms with Crippen LogP contribution in [0.25, 0.3) is 133 Å². The van der Waals surface area contributed by atoms with E-state index in [9.17, 15) is 62.3 Å². The highest BCUT2D eigenvalue weighted by atomic mass is 79.9. The lowest BCUT2D eigenvalue weighted by atomic mass is 10.1. The Bertz CT molecular complexity index is 6670. The molecule has 10 heterocycles. The number of rotatable bonds is 22. The Balaban J connectivity index is 0.000000134. The largest absolute Gasteiger partial charge is 0.461 e. The molecule has 0 unspecified atom stereocenters. The molecule has 0 bridgehead atoms. The summed E-state index contributed by atoms with van der Waals surface area (Å²) in [4.78, 5) is 39.2. The zero-order valence-corrected chi connectivity index (χ0v) is 72.1. The number of halogens is 13. The summed E-state index contributed by atoms with van der Waals surface area (Å²) >= 11 is 5.69. The quantitative estimate of drug-likeness (QED) is 0.0375. The fourth-order valence-electron chi connectivity index (χ4n) is 12.9. The third-order valence-corrected chi connectivity index (χ3v) is 24.4. The number of thiophene rings is 4. The predicted molar refractivity (Wildman–Crippen MR) is 467 cm³/mol. The third-order valence-electron chi connectivity index (χ3n) is 19.0. The molecule has 38 heteroatoms. The molecule has 0 radical (unpaired) electrons. The Morgan fingerprint density at radius 1 is 0.377 bits per heavy atom. The summed E-state index contributed by atoms with van der Waals surface area (Å²) in [6.07, 6.45) is -14.8. The van der Waals surface area contributed by atoms with E-state index in [1.165, 1.54) is 30.5 Å². The van der Waals surface area contributed by atoms with Crippen molar-refractivity contribution < 1.29 is 94.9 Å². The second-order valence-electron chi connectivity index (χ2n) is 27.9. The first-order valence-corrected chi connectivity index (χ1v) is 43.3. The highest BCUT2D eigenvalue weighted by molar-refractivity contribution is 9.08. The van der Waals surface area contributed by atoms with Crippen LogP contribution in [0.5, 0.6) is 0 Å². The molecular weight excluding hydrogens is 1850 g/mol. The normalized spacial score (nSPS) is 11.6. The SMILES string of the molecule is CCOC(=O)c1ccn(Cc2ccc(-c3noc(-c4cc(-c5ccccc5)c(C(F)(F)F)s4)n3)cc2)n1.CCOC(=O)c1ccnn1Cc1ccc(-c2noc(-c3cc(-c4ccccc4)c(C(F)(F)F)s3)n2)cc1.FC(F)(F)c1sc(-c2nc(-c3ccc(CBr)cc3)no2)cc1-c1ccccc1.OCc1ccc(-c2noc(-c3cc(-c4ccccc4)c(C(F)(F)F)s3)n2)cc1. The first kappa shape index (κ1) is 90.9. The number of aliphatic hydroxyl groups excluding tert-OH is 1. The minimum atomic E-state index is -4.52. The maximum absolute atomic E-state index is 13.7. The Kier molecular flexibility index (Phi) is 27.8. The van der Waals surface area contributed by atoms with Gasteiger partial charge < -0.3 is 32.7 Å². The number of aliphatic hydroxyl groups is 1. The Morgan fingerprint density at radius 2 is 0.677 bits per heavy atom. The zero-order valence-electron chi connectivity index (χ0n) is 67.3. The van der Waals surface area contributed by atoms with Crippen molar-refractivity contribution >= 4 is 73.2 Å². The van der Waals surface area contributed by atoms with Crippen molar-refractivity contribution in [1.82, 2.24) is 60.1 Å². The van der Waals surface area contributed by atoms with Gasteiger partial charge in [0.15, 0.2) is 5.69 Å². The van der Waals surface area contributed by atoms with Gasteiger partial charge in [-0.3, -0.25) is 9.36 Å². The van der Waals surface area contributed by atoms with Gasteiger partial charge in [-0.1, -0.05) is 255 Å². The topological polar surface area (TPSA) is 264 Å². The Labute approximate surface area is 753 Å². The lowest BCUT2D eigenvalue weighted by Crippen LogP contribution is -2.14. The molecule has 0 fully saturated rings. The van der Waals surface area contributed by atoms with Gasteiger partial charge in [-0.05, 0) is 94.8 Å². The molecule has 0 spiro atoms. The number of ether oxygens (including phenoxy) is 2. The van der Waals surface area contributed by atoms with Gasteiger partial charge in [0.25, 0.3) is 23.6 Å². The van der Waals surface area contributed by atoms with Crippen molar-refractivity contribution in [2.24, 2.45) is 0 Å². The predicted octanol–water partition coefficient (Wildman–Crippen LogP) is 25.8. The van der Waals surface area contributed by atoms with Gasteiger partial charge >= 0.3 is 36.6 Å².